The third kappa shape index (κ3) is 6.52. The van der Waals surface area contributed by atoms with E-state index in [0.717, 1.165) is 10.5 Å². The van der Waals surface area contributed by atoms with Gasteiger partial charge in [-0.05, 0) is 42.4 Å². The van der Waals surface area contributed by atoms with Gasteiger partial charge in [-0.1, -0.05) is 59.7 Å². The zero-order valence-corrected chi connectivity index (χ0v) is 24.3. The summed E-state index contributed by atoms with van der Waals surface area (Å²) in [4.78, 5) is 31.8. The number of hydrogen-bond acceptors (Lipinski definition) is 6. The maximum absolute atomic E-state index is 15.3. The van der Waals surface area contributed by atoms with E-state index in [2.05, 4.69) is 25.8 Å². The van der Waals surface area contributed by atoms with Gasteiger partial charge in [0.2, 0.25) is 5.88 Å². The minimum Gasteiger partial charge on any atom is -0.481 e. The van der Waals surface area contributed by atoms with Gasteiger partial charge in [-0.3, -0.25) is 4.90 Å². The van der Waals surface area contributed by atoms with Crippen molar-refractivity contribution in [2.24, 2.45) is 11.3 Å². The predicted molar refractivity (Wildman–Crippen MR) is 145 cm³/mol. The fourth-order valence-electron chi connectivity index (χ4n) is 5.23. The molecule has 214 valence electrons. The van der Waals surface area contributed by atoms with Crippen molar-refractivity contribution in [3.8, 4) is 5.88 Å². The van der Waals surface area contributed by atoms with Crippen molar-refractivity contribution in [3.63, 3.8) is 0 Å². The minimum absolute atomic E-state index is 0.0156. The van der Waals surface area contributed by atoms with E-state index >= 15 is 4.39 Å². The molecular formula is C30H41FN2O6. The van der Waals surface area contributed by atoms with Crippen molar-refractivity contribution in [2.75, 3.05) is 7.11 Å². The van der Waals surface area contributed by atoms with Crippen molar-refractivity contribution in [2.45, 2.75) is 91.7 Å². The Labute approximate surface area is 230 Å². The van der Waals surface area contributed by atoms with Crippen molar-refractivity contribution in [1.29, 1.82) is 0 Å². The van der Waals surface area contributed by atoms with Gasteiger partial charge in [0, 0.05) is 23.2 Å². The van der Waals surface area contributed by atoms with Gasteiger partial charge in [-0.25, -0.2) is 19.0 Å². The van der Waals surface area contributed by atoms with E-state index in [-0.39, 0.29) is 17.6 Å². The third-order valence-electron chi connectivity index (χ3n) is 7.04. The van der Waals surface area contributed by atoms with Crippen LogP contribution >= 0.6 is 0 Å². The molecule has 0 aliphatic carbocycles. The molecule has 1 saturated heterocycles. The first-order chi connectivity index (χ1) is 18.1. The van der Waals surface area contributed by atoms with Crippen LogP contribution in [0.25, 0.3) is 0 Å². The Morgan fingerprint density at radius 2 is 1.77 bits per heavy atom. The van der Waals surface area contributed by atoms with Crippen molar-refractivity contribution in [1.82, 2.24) is 9.88 Å². The summed E-state index contributed by atoms with van der Waals surface area (Å²) >= 11 is 0. The Hall–Kier alpha value is -3.20. The number of carboxylic acids is 1. The molecule has 4 atom stereocenters. The average molecular weight is 545 g/mol. The van der Waals surface area contributed by atoms with Crippen LogP contribution < -0.4 is 4.74 Å². The molecule has 1 aromatic heterocycles. The summed E-state index contributed by atoms with van der Waals surface area (Å²) in [6.45, 7) is 15.2. The molecule has 1 fully saturated rings. The number of likely N-dealkylation sites (tertiary alicyclic amines) is 1. The first kappa shape index (κ1) is 30.3. The molecule has 9 heteroatoms. The van der Waals surface area contributed by atoms with E-state index in [1.165, 1.54) is 13.2 Å². The monoisotopic (exact) mass is 544 g/mol. The van der Waals surface area contributed by atoms with Crippen LogP contribution in [-0.2, 0) is 26.3 Å². The summed E-state index contributed by atoms with van der Waals surface area (Å²) in [5.74, 6) is -2.10. The molecular weight excluding hydrogens is 503 g/mol. The van der Waals surface area contributed by atoms with Crippen LogP contribution in [0.15, 0.2) is 36.5 Å². The first-order valence-corrected chi connectivity index (χ1v) is 13.2. The van der Waals surface area contributed by atoms with Gasteiger partial charge in [0.15, 0.2) is 0 Å². The maximum atomic E-state index is 15.3. The molecule has 1 amide bonds. The number of aliphatic carboxylic acids is 1. The molecule has 0 radical (unpaired) electrons. The number of ether oxygens (including phenoxy) is 3. The molecule has 1 aromatic carbocycles. The Morgan fingerprint density at radius 1 is 1.13 bits per heavy atom. The van der Waals surface area contributed by atoms with Crippen LogP contribution in [0.5, 0.6) is 5.88 Å². The lowest BCUT2D eigenvalue weighted by Crippen LogP contribution is -2.47. The highest BCUT2D eigenvalue weighted by atomic mass is 19.1. The number of carbonyl (C=O) groups is 2. The summed E-state index contributed by atoms with van der Waals surface area (Å²) in [6.07, 6.45) is -0.468. The van der Waals surface area contributed by atoms with Gasteiger partial charge >= 0.3 is 12.1 Å². The second-order valence-corrected chi connectivity index (χ2v) is 12.4. The lowest BCUT2D eigenvalue weighted by atomic mass is 9.73. The van der Waals surface area contributed by atoms with Crippen LogP contribution in [0.4, 0.5) is 9.18 Å². The molecule has 8 nitrogen and oxygen atoms in total. The lowest BCUT2D eigenvalue weighted by molar-refractivity contribution is -0.145. The fourth-order valence-corrected chi connectivity index (χ4v) is 5.23. The predicted octanol–water partition coefficient (Wildman–Crippen LogP) is 6.13. The zero-order chi connectivity index (χ0) is 29.3. The fraction of sp³-hybridized carbons (Fsp3) is 0.567. The van der Waals surface area contributed by atoms with Gasteiger partial charge in [-0.15, -0.1) is 0 Å². The number of aromatic nitrogens is 1. The Kier molecular flexibility index (Phi) is 8.95. The molecule has 3 rings (SSSR count). The summed E-state index contributed by atoms with van der Waals surface area (Å²) in [6, 6.07) is 5.63. The minimum atomic E-state index is -1.31. The SMILES string of the molecule is COc1ncc(C(C)(C)C)cc1CO[C@H]1[C@H](C(C)(C)C)[C@@H](C(=O)O)N(C(=O)OC(C)C)[C@H]1c1ccccc1F. The smallest absolute Gasteiger partial charge is 0.411 e. The average Bonchev–Trinajstić information content (AvgIpc) is 3.17. The number of amides is 1. The van der Waals surface area contributed by atoms with Gasteiger partial charge in [0.05, 0.1) is 32.0 Å². The van der Waals surface area contributed by atoms with Crippen LogP contribution in [0, 0.1) is 17.2 Å². The van der Waals surface area contributed by atoms with E-state index in [1.807, 2.05) is 26.8 Å². The summed E-state index contributed by atoms with van der Waals surface area (Å²) in [7, 11) is 1.52. The van der Waals surface area contributed by atoms with E-state index in [1.54, 1.807) is 38.2 Å². The first-order valence-electron chi connectivity index (χ1n) is 13.2. The number of rotatable bonds is 7. The molecule has 0 unspecified atom stereocenters. The molecule has 1 aliphatic rings. The molecule has 0 spiro atoms. The van der Waals surface area contributed by atoms with E-state index in [4.69, 9.17) is 14.2 Å². The Bertz CT molecular complexity index is 1190. The van der Waals surface area contributed by atoms with Gasteiger partial charge < -0.3 is 19.3 Å². The second-order valence-electron chi connectivity index (χ2n) is 12.4. The maximum Gasteiger partial charge on any atom is 0.411 e. The largest absolute Gasteiger partial charge is 0.481 e. The number of hydrogen-bond donors (Lipinski definition) is 1. The lowest BCUT2D eigenvalue weighted by Gasteiger charge is -2.34. The highest BCUT2D eigenvalue weighted by molar-refractivity contribution is 5.82. The molecule has 39 heavy (non-hydrogen) atoms. The van der Waals surface area contributed by atoms with Crippen LogP contribution in [0.1, 0.15) is 78.1 Å². The zero-order valence-electron chi connectivity index (χ0n) is 24.3. The van der Waals surface area contributed by atoms with Crippen LogP contribution in [-0.4, -0.2) is 52.4 Å². The van der Waals surface area contributed by atoms with E-state index in [9.17, 15) is 14.7 Å². The number of methoxy groups -OCH3 is 1. The molecule has 0 bridgehead atoms. The number of carbonyl (C=O) groups excluding carboxylic acids is 1. The Balaban J connectivity index is 2.18. The van der Waals surface area contributed by atoms with E-state index in [0.29, 0.717) is 11.4 Å². The van der Waals surface area contributed by atoms with Gasteiger partial charge in [0.25, 0.3) is 0 Å². The quantitative estimate of drug-likeness (QED) is 0.448. The molecule has 1 N–H and O–H groups in total. The van der Waals surface area contributed by atoms with E-state index < -0.39 is 53.5 Å². The molecule has 2 heterocycles. The number of carboxylic acid groups (broad SMARTS) is 1. The van der Waals surface area contributed by atoms with Crippen molar-refractivity contribution < 1.29 is 33.3 Å². The van der Waals surface area contributed by atoms with Gasteiger partial charge in [-0.2, -0.15) is 0 Å². The number of pyridine rings is 1. The summed E-state index contributed by atoms with van der Waals surface area (Å²) < 4.78 is 32.8. The number of benzene rings is 1. The Morgan fingerprint density at radius 3 is 2.28 bits per heavy atom. The highest BCUT2D eigenvalue weighted by Gasteiger charge is 2.60. The number of nitrogens with zero attached hydrogens (tertiary/aromatic N) is 2. The van der Waals surface area contributed by atoms with Gasteiger partial charge in [0.1, 0.15) is 11.9 Å². The highest BCUT2D eigenvalue weighted by Crippen LogP contribution is 2.50. The molecule has 0 saturated carbocycles. The number of halogens is 1. The third-order valence-corrected chi connectivity index (χ3v) is 7.04. The normalized spacial score (nSPS) is 21.8. The standard InChI is InChI=1S/C30H41FN2O6/c1-17(2)39-28(36)33-23(20-12-10-11-13-21(20)31)25(22(30(6,7)8)24(33)27(34)35)38-16-18-14-19(29(3,4)5)15-32-26(18)37-9/h10-15,17,22-25H,16H2,1-9H3,(H,34,35)/t22-,23+,24+,25+/m1/s1. The second kappa shape index (κ2) is 11.5. The molecule has 2 aromatic rings. The molecule has 1 aliphatic heterocycles. The van der Waals surface area contributed by atoms with Crippen molar-refractivity contribution in [3.05, 3.63) is 59.0 Å². The summed E-state index contributed by atoms with van der Waals surface area (Å²) in [5, 5.41) is 10.4. The van der Waals surface area contributed by atoms with Crippen LogP contribution in [0.3, 0.4) is 0 Å². The van der Waals surface area contributed by atoms with Crippen LogP contribution in [0.2, 0.25) is 0 Å². The topological polar surface area (TPSA) is 98.2 Å². The van der Waals surface area contributed by atoms with Crippen molar-refractivity contribution >= 4 is 12.1 Å². The summed E-state index contributed by atoms with van der Waals surface area (Å²) in [5.41, 5.74) is 0.975.